The molecule has 1 N–H and O–H groups in total. The molecule has 0 aliphatic carbocycles. The first-order chi connectivity index (χ1) is 9.34. The molecule has 0 spiro atoms. The largest absolute Gasteiger partial charge is 0.433 e. The lowest BCUT2D eigenvalue weighted by atomic mass is 10.1. The summed E-state index contributed by atoms with van der Waals surface area (Å²) in [7, 11) is 0. The number of anilines is 1. The number of hydrogen-bond donors (Lipinski definition) is 1. The van der Waals surface area contributed by atoms with E-state index >= 15 is 0 Å². The molecule has 0 atom stereocenters. The van der Waals surface area contributed by atoms with E-state index in [1.54, 1.807) is 12.1 Å². The summed E-state index contributed by atoms with van der Waals surface area (Å²) in [6, 6.07) is 5.24. The summed E-state index contributed by atoms with van der Waals surface area (Å²) < 4.78 is 40.2. The number of rotatable bonds is 3. The van der Waals surface area contributed by atoms with Gasteiger partial charge in [-0.15, -0.1) is 0 Å². The van der Waals surface area contributed by atoms with Crippen LogP contribution in [0.25, 0.3) is 10.9 Å². The third-order valence-corrected chi connectivity index (χ3v) is 3.68. The van der Waals surface area contributed by atoms with Crippen LogP contribution in [0, 0.1) is 10.5 Å². The molecular formula is C14H14F3IN2. The normalized spacial score (nSPS) is 11.9. The van der Waals surface area contributed by atoms with E-state index in [0.717, 1.165) is 15.4 Å². The van der Waals surface area contributed by atoms with E-state index in [1.165, 1.54) is 6.92 Å². The smallest absolute Gasteiger partial charge is 0.384 e. The molecule has 0 fully saturated rings. The summed E-state index contributed by atoms with van der Waals surface area (Å²) >= 11 is 2.14. The molecule has 20 heavy (non-hydrogen) atoms. The molecular weight excluding hydrogens is 380 g/mol. The van der Waals surface area contributed by atoms with Gasteiger partial charge in [-0.05, 0) is 54.1 Å². The number of fused-ring (bicyclic) bond motifs is 1. The third-order valence-electron chi connectivity index (χ3n) is 3.01. The summed E-state index contributed by atoms with van der Waals surface area (Å²) in [5, 5.41) is 3.83. The monoisotopic (exact) mass is 394 g/mol. The number of halogens is 4. The molecule has 108 valence electrons. The average molecular weight is 394 g/mol. The molecule has 1 aromatic heterocycles. The third kappa shape index (κ3) is 2.99. The molecule has 0 bridgehead atoms. The van der Waals surface area contributed by atoms with Crippen molar-refractivity contribution in [3.05, 3.63) is 33.0 Å². The second-order valence-corrected chi connectivity index (χ2v) is 5.79. The van der Waals surface area contributed by atoms with Crippen LogP contribution in [0.3, 0.4) is 0 Å². The van der Waals surface area contributed by atoms with Crippen LogP contribution in [0.5, 0.6) is 0 Å². The minimum absolute atomic E-state index is 0.153. The first-order valence-corrected chi connectivity index (χ1v) is 7.33. The van der Waals surface area contributed by atoms with E-state index in [9.17, 15) is 13.2 Å². The fourth-order valence-corrected chi connectivity index (χ4v) is 2.58. The molecule has 0 amide bonds. The average Bonchev–Trinajstić information content (AvgIpc) is 2.36. The standard InChI is InChI=1S/C14H14F3IN2/c1-3-6-19-12-8(2)13(14(15,16)17)20-11-5-4-9(18)7-10(11)12/h4-5,7H,3,6H2,1-2H3,(H,19,20). The first-order valence-electron chi connectivity index (χ1n) is 6.25. The predicted molar refractivity (Wildman–Crippen MR) is 83.0 cm³/mol. The molecule has 0 unspecified atom stereocenters. The topological polar surface area (TPSA) is 24.9 Å². The Balaban J connectivity index is 2.74. The zero-order chi connectivity index (χ0) is 14.9. The molecule has 0 radical (unpaired) electrons. The van der Waals surface area contributed by atoms with Crippen molar-refractivity contribution in [3.63, 3.8) is 0 Å². The number of pyridine rings is 1. The van der Waals surface area contributed by atoms with E-state index in [1.807, 2.05) is 13.0 Å². The first kappa shape index (κ1) is 15.3. The van der Waals surface area contributed by atoms with Gasteiger partial charge in [0.2, 0.25) is 0 Å². The Kier molecular flexibility index (Phi) is 4.41. The minimum atomic E-state index is -4.44. The molecule has 0 saturated heterocycles. The maximum atomic E-state index is 13.1. The Bertz CT molecular complexity index is 638. The van der Waals surface area contributed by atoms with Gasteiger partial charge in [0.15, 0.2) is 0 Å². The van der Waals surface area contributed by atoms with Crippen LogP contribution in [0.2, 0.25) is 0 Å². The molecule has 6 heteroatoms. The van der Waals surface area contributed by atoms with Crippen molar-refractivity contribution < 1.29 is 13.2 Å². The van der Waals surface area contributed by atoms with Crippen molar-refractivity contribution in [1.29, 1.82) is 0 Å². The fraction of sp³-hybridized carbons (Fsp3) is 0.357. The van der Waals surface area contributed by atoms with Gasteiger partial charge in [-0.3, -0.25) is 0 Å². The predicted octanol–water partition coefficient (Wildman–Crippen LogP) is 4.99. The van der Waals surface area contributed by atoms with Crippen LogP contribution in [-0.2, 0) is 6.18 Å². The highest BCUT2D eigenvalue weighted by Gasteiger charge is 2.36. The highest BCUT2D eigenvalue weighted by atomic mass is 127. The lowest BCUT2D eigenvalue weighted by Gasteiger charge is -2.17. The van der Waals surface area contributed by atoms with E-state index < -0.39 is 11.9 Å². The molecule has 1 aromatic carbocycles. The van der Waals surface area contributed by atoms with Gasteiger partial charge in [0, 0.05) is 26.8 Å². The zero-order valence-corrected chi connectivity index (χ0v) is 13.3. The van der Waals surface area contributed by atoms with E-state index in [0.29, 0.717) is 17.7 Å². The van der Waals surface area contributed by atoms with Crippen LogP contribution in [-0.4, -0.2) is 11.5 Å². The zero-order valence-electron chi connectivity index (χ0n) is 11.1. The van der Waals surface area contributed by atoms with E-state index in [-0.39, 0.29) is 5.56 Å². The Morgan fingerprint density at radius 3 is 2.60 bits per heavy atom. The summed E-state index contributed by atoms with van der Waals surface area (Å²) in [6.45, 7) is 4.07. The fourth-order valence-electron chi connectivity index (χ4n) is 2.08. The second-order valence-electron chi connectivity index (χ2n) is 4.55. The van der Waals surface area contributed by atoms with Gasteiger partial charge < -0.3 is 5.32 Å². The van der Waals surface area contributed by atoms with Crippen LogP contribution >= 0.6 is 22.6 Å². The Morgan fingerprint density at radius 2 is 2.00 bits per heavy atom. The van der Waals surface area contributed by atoms with Gasteiger partial charge in [0.05, 0.1) is 5.52 Å². The quantitative estimate of drug-likeness (QED) is 0.743. The van der Waals surface area contributed by atoms with Crippen molar-refractivity contribution in [2.24, 2.45) is 0 Å². The molecule has 0 aliphatic heterocycles. The number of alkyl halides is 3. The van der Waals surface area contributed by atoms with Crippen molar-refractivity contribution in [1.82, 2.24) is 4.98 Å². The molecule has 1 heterocycles. The van der Waals surface area contributed by atoms with Gasteiger partial charge >= 0.3 is 6.18 Å². The summed E-state index contributed by atoms with van der Waals surface area (Å²) in [4.78, 5) is 3.79. The highest BCUT2D eigenvalue weighted by molar-refractivity contribution is 14.1. The Labute approximate surface area is 128 Å². The maximum absolute atomic E-state index is 13.1. The molecule has 0 saturated carbocycles. The number of nitrogens with one attached hydrogen (secondary N) is 1. The van der Waals surface area contributed by atoms with Gasteiger partial charge in [-0.1, -0.05) is 6.92 Å². The summed E-state index contributed by atoms with van der Waals surface area (Å²) in [5.74, 6) is 0. The molecule has 2 nitrogen and oxygen atoms in total. The molecule has 0 aliphatic rings. The van der Waals surface area contributed by atoms with Crippen molar-refractivity contribution >= 4 is 39.2 Å². The number of nitrogens with zero attached hydrogens (tertiary/aromatic N) is 1. The van der Waals surface area contributed by atoms with Gasteiger partial charge in [0.25, 0.3) is 0 Å². The lowest BCUT2D eigenvalue weighted by molar-refractivity contribution is -0.141. The van der Waals surface area contributed by atoms with Crippen LogP contribution < -0.4 is 5.32 Å². The highest BCUT2D eigenvalue weighted by Crippen LogP contribution is 2.37. The number of benzene rings is 1. The molecule has 2 aromatic rings. The van der Waals surface area contributed by atoms with Crippen LogP contribution in [0.15, 0.2) is 18.2 Å². The SMILES string of the molecule is CCCNc1c(C)c(C(F)(F)F)nc2ccc(I)cc12. The maximum Gasteiger partial charge on any atom is 0.433 e. The minimum Gasteiger partial charge on any atom is -0.384 e. The van der Waals surface area contributed by atoms with Gasteiger partial charge in [-0.25, -0.2) is 4.98 Å². The second kappa shape index (κ2) is 5.75. The van der Waals surface area contributed by atoms with Crippen LogP contribution in [0.4, 0.5) is 18.9 Å². The van der Waals surface area contributed by atoms with Crippen molar-refractivity contribution in [3.8, 4) is 0 Å². The van der Waals surface area contributed by atoms with Gasteiger partial charge in [-0.2, -0.15) is 13.2 Å². The Hall–Kier alpha value is -1.05. The van der Waals surface area contributed by atoms with Crippen molar-refractivity contribution in [2.45, 2.75) is 26.4 Å². The number of hydrogen-bond acceptors (Lipinski definition) is 2. The van der Waals surface area contributed by atoms with Gasteiger partial charge in [0.1, 0.15) is 5.69 Å². The van der Waals surface area contributed by atoms with Crippen LogP contribution in [0.1, 0.15) is 24.6 Å². The summed E-state index contributed by atoms with van der Waals surface area (Å²) in [5.41, 5.74) is 0.231. The van der Waals surface area contributed by atoms with Crippen molar-refractivity contribution in [2.75, 3.05) is 11.9 Å². The number of aromatic nitrogens is 1. The summed E-state index contributed by atoms with van der Waals surface area (Å²) in [6.07, 6.45) is -3.60. The molecule has 2 rings (SSSR count). The Morgan fingerprint density at radius 1 is 1.30 bits per heavy atom. The van der Waals surface area contributed by atoms with E-state index in [4.69, 9.17) is 0 Å². The lowest BCUT2D eigenvalue weighted by Crippen LogP contribution is -2.14. The van der Waals surface area contributed by atoms with E-state index in [2.05, 4.69) is 32.9 Å².